The average molecular weight is 341 g/mol. The average Bonchev–Trinajstić information content (AvgIpc) is 2.43. The number of unbranched alkanes of at least 4 members (excludes halogenated alkanes) is 3. The topological polar surface area (TPSA) is 36.9 Å². The molecule has 19 heavy (non-hydrogen) atoms. The van der Waals surface area contributed by atoms with E-state index in [9.17, 15) is 0 Å². The van der Waals surface area contributed by atoms with Crippen molar-refractivity contribution in [1.29, 1.82) is 0 Å². The van der Waals surface area contributed by atoms with E-state index in [0.29, 0.717) is 39.6 Å². The van der Waals surface area contributed by atoms with E-state index in [1.807, 2.05) is 0 Å². The molecule has 0 saturated heterocycles. The lowest BCUT2D eigenvalue weighted by atomic mass is 10.2. The second kappa shape index (κ2) is 18.3. The SMILES string of the molecule is CCCCCCOCCOCCOCCOCCBr. The van der Waals surface area contributed by atoms with Crippen LogP contribution in [0.25, 0.3) is 0 Å². The number of hydrogen-bond acceptors (Lipinski definition) is 4. The Hall–Kier alpha value is 0.320. The van der Waals surface area contributed by atoms with Crippen molar-refractivity contribution in [2.45, 2.75) is 32.6 Å². The molecule has 0 aromatic carbocycles. The first-order chi connectivity index (χ1) is 9.41. The standard InChI is InChI=1S/C14H29BrO4/c1-2-3-4-5-7-16-9-11-18-13-14-19-12-10-17-8-6-15/h2-14H2,1H3. The molecule has 0 aromatic rings. The molecule has 0 aromatic heterocycles. The normalized spacial score (nSPS) is 11.1. The van der Waals surface area contributed by atoms with Crippen molar-refractivity contribution >= 4 is 15.9 Å². The Morgan fingerprint density at radius 3 is 1.53 bits per heavy atom. The highest BCUT2D eigenvalue weighted by molar-refractivity contribution is 9.09. The largest absolute Gasteiger partial charge is 0.379 e. The van der Waals surface area contributed by atoms with E-state index in [0.717, 1.165) is 25.0 Å². The minimum Gasteiger partial charge on any atom is -0.379 e. The van der Waals surface area contributed by atoms with Crippen molar-refractivity contribution in [2.75, 3.05) is 58.2 Å². The molecule has 0 amide bonds. The third-order valence-electron chi connectivity index (χ3n) is 2.48. The molecule has 116 valence electrons. The van der Waals surface area contributed by atoms with Crippen molar-refractivity contribution in [3.63, 3.8) is 0 Å². The molecule has 0 saturated carbocycles. The number of halogens is 1. The van der Waals surface area contributed by atoms with Gasteiger partial charge >= 0.3 is 0 Å². The molecule has 0 bridgehead atoms. The summed E-state index contributed by atoms with van der Waals surface area (Å²) in [5, 5.41) is 0.870. The zero-order valence-electron chi connectivity index (χ0n) is 12.2. The van der Waals surface area contributed by atoms with Crippen LogP contribution in [0.2, 0.25) is 0 Å². The van der Waals surface area contributed by atoms with Crippen LogP contribution in [-0.2, 0) is 18.9 Å². The molecule has 0 atom stereocenters. The molecule has 0 unspecified atom stereocenters. The van der Waals surface area contributed by atoms with E-state index in [2.05, 4.69) is 22.9 Å². The molecular weight excluding hydrogens is 312 g/mol. The molecule has 0 N–H and O–H groups in total. The van der Waals surface area contributed by atoms with Gasteiger partial charge < -0.3 is 18.9 Å². The van der Waals surface area contributed by atoms with E-state index in [1.165, 1.54) is 19.3 Å². The number of ether oxygens (including phenoxy) is 4. The van der Waals surface area contributed by atoms with Crippen LogP contribution in [0.4, 0.5) is 0 Å². The van der Waals surface area contributed by atoms with Crippen molar-refractivity contribution in [1.82, 2.24) is 0 Å². The Morgan fingerprint density at radius 1 is 0.579 bits per heavy atom. The first-order valence-corrected chi connectivity index (χ1v) is 8.41. The minimum absolute atomic E-state index is 0.619. The monoisotopic (exact) mass is 340 g/mol. The second-order valence-corrected chi connectivity index (χ2v) is 4.99. The number of rotatable bonds is 16. The molecule has 0 aliphatic carbocycles. The predicted molar refractivity (Wildman–Crippen MR) is 81.2 cm³/mol. The maximum Gasteiger partial charge on any atom is 0.0701 e. The van der Waals surface area contributed by atoms with Crippen LogP contribution in [0, 0.1) is 0 Å². The van der Waals surface area contributed by atoms with Gasteiger partial charge in [-0.1, -0.05) is 42.1 Å². The zero-order chi connectivity index (χ0) is 14.0. The van der Waals surface area contributed by atoms with Crippen molar-refractivity contribution in [2.24, 2.45) is 0 Å². The van der Waals surface area contributed by atoms with E-state index in [-0.39, 0.29) is 0 Å². The van der Waals surface area contributed by atoms with Crippen LogP contribution in [0.3, 0.4) is 0 Å². The van der Waals surface area contributed by atoms with Crippen LogP contribution < -0.4 is 0 Å². The molecular formula is C14H29BrO4. The fourth-order valence-corrected chi connectivity index (χ4v) is 1.68. The fraction of sp³-hybridized carbons (Fsp3) is 1.00. The summed E-state index contributed by atoms with van der Waals surface area (Å²) in [6.45, 7) is 7.64. The quantitative estimate of drug-likeness (QED) is 0.319. The maximum absolute atomic E-state index is 5.46. The van der Waals surface area contributed by atoms with Gasteiger partial charge in [0.2, 0.25) is 0 Å². The molecule has 5 heteroatoms. The van der Waals surface area contributed by atoms with E-state index < -0.39 is 0 Å². The van der Waals surface area contributed by atoms with Gasteiger partial charge in [-0.05, 0) is 6.42 Å². The van der Waals surface area contributed by atoms with Crippen LogP contribution in [-0.4, -0.2) is 58.2 Å². The van der Waals surface area contributed by atoms with E-state index in [1.54, 1.807) is 0 Å². The summed E-state index contributed by atoms with van der Waals surface area (Å²) >= 11 is 3.29. The van der Waals surface area contributed by atoms with Gasteiger partial charge in [0.05, 0.1) is 46.2 Å². The predicted octanol–water partition coefficient (Wildman–Crippen LogP) is 3.03. The Morgan fingerprint density at radius 2 is 1.05 bits per heavy atom. The van der Waals surface area contributed by atoms with Crippen LogP contribution in [0.15, 0.2) is 0 Å². The Balaban J connectivity index is 2.88. The van der Waals surface area contributed by atoms with E-state index >= 15 is 0 Å². The third-order valence-corrected chi connectivity index (χ3v) is 2.80. The molecule has 0 aliphatic heterocycles. The number of alkyl halides is 1. The highest BCUT2D eigenvalue weighted by Gasteiger charge is 1.92. The van der Waals surface area contributed by atoms with Gasteiger partial charge in [-0.25, -0.2) is 0 Å². The lowest BCUT2D eigenvalue weighted by Gasteiger charge is -2.07. The van der Waals surface area contributed by atoms with Gasteiger partial charge in [0, 0.05) is 11.9 Å². The van der Waals surface area contributed by atoms with Crippen LogP contribution >= 0.6 is 15.9 Å². The van der Waals surface area contributed by atoms with E-state index in [4.69, 9.17) is 18.9 Å². The zero-order valence-corrected chi connectivity index (χ0v) is 13.8. The molecule has 0 spiro atoms. The van der Waals surface area contributed by atoms with Gasteiger partial charge in [-0.3, -0.25) is 0 Å². The summed E-state index contributed by atoms with van der Waals surface area (Å²) in [4.78, 5) is 0. The smallest absolute Gasteiger partial charge is 0.0701 e. The van der Waals surface area contributed by atoms with Crippen molar-refractivity contribution in [3.05, 3.63) is 0 Å². The van der Waals surface area contributed by atoms with Gasteiger partial charge in [-0.2, -0.15) is 0 Å². The second-order valence-electron chi connectivity index (χ2n) is 4.20. The fourth-order valence-electron chi connectivity index (χ4n) is 1.45. The van der Waals surface area contributed by atoms with Crippen molar-refractivity contribution < 1.29 is 18.9 Å². The highest BCUT2D eigenvalue weighted by atomic mass is 79.9. The summed E-state index contributed by atoms with van der Waals surface area (Å²) in [6.07, 6.45) is 4.99. The Labute approximate surface area is 126 Å². The summed E-state index contributed by atoms with van der Waals surface area (Å²) in [6, 6.07) is 0. The minimum atomic E-state index is 0.619. The molecule has 0 heterocycles. The molecule has 0 fully saturated rings. The van der Waals surface area contributed by atoms with Gasteiger partial charge in [0.1, 0.15) is 0 Å². The summed E-state index contributed by atoms with van der Waals surface area (Å²) in [7, 11) is 0. The summed E-state index contributed by atoms with van der Waals surface area (Å²) in [5.41, 5.74) is 0. The third kappa shape index (κ3) is 18.3. The number of hydrogen-bond donors (Lipinski definition) is 0. The lowest BCUT2D eigenvalue weighted by molar-refractivity contribution is -0.000531. The first-order valence-electron chi connectivity index (χ1n) is 7.28. The first kappa shape index (κ1) is 19.3. The van der Waals surface area contributed by atoms with Gasteiger partial charge in [-0.15, -0.1) is 0 Å². The van der Waals surface area contributed by atoms with Crippen molar-refractivity contribution in [3.8, 4) is 0 Å². The van der Waals surface area contributed by atoms with Crippen LogP contribution in [0.1, 0.15) is 32.6 Å². The Kier molecular flexibility index (Phi) is 18.6. The maximum atomic E-state index is 5.46. The molecule has 0 aliphatic rings. The summed E-state index contributed by atoms with van der Waals surface area (Å²) < 4.78 is 21.4. The van der Waals surface area contributed by atoms with Gasteiger partial charge in [0.25, 0.3) is 0 Å². The highest BCUT2D eigenvalue weighted by Crippen LogP contribution is 1.98. The summed E-state index contributed by atoms with van der Waals surface area (Å²) in [5.74, 6) is 0. The Bertz CT molecular complexity index is 142. The molecule has 0 radical (unpaired) electrons. The van der Waals surface area contributed by atoms with Crippen LogP contribution in [0.5, 0.6) is 0 Å². The molecule has 4 nitrogen and oxygen atoms in total. The lowest BCUT2D eigenvalue weighted by Crippen LogP contribution is -2.12. The van der Waals surface area contributed by atoms with Gasteiger partial charge in [0.15, 0.2) is 0 Å². The molecule has 0 rings (SSSR count).